The van der Waals surface area contributed by atoms with Crippen molar-refractivity contribution in [2.45, 2.75) is 13.0 Å². The number of urea groups is 1. The van der Waals surface area contributed by atoms with Crippen LogP contribution in [0.5, 0.6) is 5.75 Å². The van der Waals surface area contributed by atoms with Crippen molar-refractivity contribution in [3.8, 4) is 5.75 Å². The minimum atomic E-state index is -0.667. The van der Waals surface area contributed by atoms with Crippen molar-refractivity contribution in [1.29, 1.82) is 0 Å². The van der Waals surface area contributed by atoms with E-state index < -0.39 is 24.0 Å². The Bertz CT molecular complexity index is 953. The van der Waals surface area contributed by atoms with Crippen LogP contribution in [0.25, 0.3) is 0 Å². The first-order valence-corrected chi connectivity index (χ1v) is 9.37. The van der Waals surface area contributed by atoms with Gasteiger partial charge in [-0.3, -0.25) is 0 Å². The lowest BCUT2D eigenvalue weighted by Crippen LogP contribution is -2.47. The van der Waals surface area contributed by atoms with Crippen molar-refractivity contribution in [2.24, 2.45) is 0 Å². The lowest BCUT2D eigenvalue weighted by Gasteiger charge is -2.29. The van der Waals surface area contributed by atoms with Gasteiger partial charge in [-0.05, 0) is 36.8 Å². The monoisotopic (exact) mass is 410 g/mol. The second-order valence-electron chi connectivity index (χ2n) is 6.36. The molecular weight excluding hydrogens is 388 g/mol. The van der Waals surface area contributed by atoms with Crippen molar-refractivity contribution in [3.05, 3.63) is 77.0 Å². The summed E-state index contributed by atoms with van der Waals surface area (Å²) in [5.41, 5.74) is 1.71. The third-order valence-corrected chi connectivity index (χ3v) is 4.44. The van der Waals surface area contributed by atoms with Gasteiger partial charge in [0.15, 0.2) is 0 Å². The summed E-state index contributed by atoms with van der Waals surface area (Å²) in [6.45, 7) is 1.84. The molecule has 0 saturated heterocycles. The Labute approximate surface area is 173 Å². The number of hydrogen-bond acceptors (Lipinski definition) is 6. The number of carbonyl (C=O) groups excluding carboxylic acids is 3. The first-order valence-electron chi connectivity index (χ1n) is 9.37. The van der Waals surface area contributed by atoms with Crippen molar-refractivity contribution in [2.75, 3.05) is 20.3 Å². The highest BCUT2D eigenvalue weighted by Crippen LogP contribution is 2.28. The molecule has 0 aromatic heterocycles. The largest absolute Gasteiger partial charge is 0.487 e. The number of amides is 2. The molecule has 0 saturated carbocycles. The van der Waals surface area contributed by atoms with Crippen LogP contribution in [-0.4, -0.2) is 38.3 Å². The van der Waals surface area contributed by atoms with Crippen LogP contribution < -0.4 is 15.4 Å². The van der Waals surface area contributed by atoms with Crippen molar-refractivity contribution in [3.63, 3.8) is 0 Å². The fraction of sp³-hybridized carbons (Fsp3) is 0.227. The molecule has 2 amide bonds. The predicted molar refractivity (Wildman–Crippen MR) is 108 cm³/mol. The van der Waals surface area contributed by atoms with Gasteiger partial charge in [0.25, 0.3) is 0 Å². The lowest BCUT2D eigenvalue weighted by atomic mass is 9.95. The molecule has 3 rings (SSSR count). The molecule has 1 aliphatic rings. The third-order valence-electron chi connectivity index (χ3n) is 4.44. The van der Waals surface area contributed by atoms with E-state index in [9.17, 15) is 14.4 Å². The first-order chi connectivity index (χ1) is 14.5. The predicted octanol–water partition coefficient (Wildman–Crippen LogP) is 2.72. The van der Waals surface area contributed by atoms with Crippen LogP contribution >= 0.6 is 0 Å². The summed E-state index contributed by atoms with van der Waals surface area (Å²) in [4.78, 5) is 36.5. The minimum Gasteiger partial charge on any atom is -0.487 e. The van der Waals surface area contributed by atoms with Gasteiger partial charge < -0.3 is 24.8 Å². The first kappa shape index (κ1) is 20.9. The normalized spacial score (nSPS) is 15.7. The van der Waals surface area contributed by atoms with E-state index in [0.717, 1.165) is 5.56 Å². The van der Waals surface area contributed by atoms with E-state index in [1.807, 2.05) is 30.3 Å². The SMILES string of the molecule is CCOC(=O)C1=C(COc2ccc(C(=O)OC)cc2)NC(=O)N[C@@H]1c1ccccc1. The Kier molecular flexibility index (Phi) is 6.69. The Balaban J connectivity index is 1.88. The number of rotatable bonds is 7. The minimum absolute atomic E-state index is 0.0670. The van der Waals surface area contributed by atoms with Crippen LogP contribution in [0.3, 0.4) is 0 Å². The molecule has 0 aliphatic carbocycles. The van der Waals surface area contributed by atoms with Crippen molar-refractivity contribution in [1.82, 2.24) is 10.6 Å². The maximum Gasteiger partial charge on any atom is 0.338 e. The molecule has 1 atom stereocenters. The van der Waals surface area contributed by atoms with Gasteiger partial charge in [-0.2, -0.15) is 0 Å². The molecule has 2 N–H and O–H groups in total. The van der Waals surface area contributed by atoms with Crippen LogP contribution in [0.1, 0.15) is 28.9 Å². The van der Waals surface area contributed by atoms with Gasteiger partial charge in [-0.15, -0.1) is 0 Å². The summed E-state index contributed by atoms with van der Waals surface area (Å²) in [5.74, 6) is -0.536. The maximum atomic E-state index is 12.7. The van der Waals surface area contributed by atoms with Crippen LogP contribution in [0, 0.1) is 0 Å². The zero-order chi connectivity index (χ0) is 21.5. The summed E-state index contributed by atoms with van der Waals surface area (Å²) >= 11 is 0. The molecule has 1 heterocycles. The van der Waals surface area contributed by atoms with E-state index in [2.05, 4.69) is 15.4 Å². The number of hydrogen-bond donors (Lipinski definition) is 2. The van der Waals surface area contributed by atoms with E-state index in [1.165, 1.54) is 7.11 Å². The Morgan fingerprint density at radius 2 is 1.70 bits per heavy atom. The van der Waals surface area contributed by atoms with E-state index in [0.29, 0.717) is 17.0 Å². The Morgan fingerprint density at radius 3 is 2.33 bits per heavy atom. The molecule has 8 nitrogen and oxygen atoms in total. The maximum absolute atomic E-state index is 12.7. The van der Waals surface area contributed by atoms with Crippen LogP contribution in [0.15, 0.2) is 65.9 Å². The van der Waals surface area contributed by atoms with E-state index in [1.54, 1.807) is 31.2 Å². The second-order valence-corrected chi connectivity index (χ2v) is 6.36. The summed E-state index contributed by atoms with van der Waals surface area (Å²) in [5, 5.41) is 5.41. The molecular formula is C22H22N2O6. The fourth-order valence-corrected chi connectivity index (χ4v) is 3.04. The molecule has 0 unspecified atom stereocenters. The van der Waals surface area contributed by atoms with E-state index in [4.69, 9.17) is 9.47 Å². The highest BCUT2D eigenvalue weighted by Gasteiger charge is 2.33. The number of esters is 2. The van der Waals surface area contributed by atoms with Crippen molar-refractivity contribution < 1.29 is 28.6 Å². The molecule has 1 aliphatic heterocycles. The van der Waals surface area contributed by atoms with Gasteiger partial charge in [-0.25, -0.2) is 14.4 Å². The number of carbonyl (C=O) groups is 3. The Morgan fingerprint density at radius 1 is 1.00 bits per heavy atom. The van der Waals surface area contributed by atoms with Gasteiger partial charge in [0.2, 0.25) is 0 Å². The van der Waals surface area contributed by atoms with Gasteiger partial charge in [0, 0.05) is 0 Å². The standard InChI is InChI=1S/C22H22N2O6/c1-3-29-21(26)18-17(13-30-16-11-9-15(10-12-16)20(25)28-2)23-22(27)24-19(18)14-7-5-4-6-8-14/h4-12,19H,3,13H2,1-2H3,(H2,23,24,27)/t19-/m1/s1. The van der Waals surface area contributed by atoms with E-state index >= 15 is 0 Å². The van der Waals surface area contributed by atoms with Crippen LogP contribution in [0.4, 0.5) is 4.79 Å². The zero-order valence-corrected chi connectivity index (χ0v) is 16.6. The van der Waals surface area contributed by atoms with Crippen LogP contribution in [-0.2, 0) is 14.3 Å². The molecule has 2 aromatic carbocycles. The summed E-state index contributed by atoms with van der Waals surface area (Å²) in [6.07, 6.45) is 0. The van der Waals surface area contributed by atoms with Gasteiger partial charge in [-0.1, -0.05) is 30.3 Å². The van der Waals surface area contributed by atoms with E-state index in [-0.39, 0.29) is 18.8 Å². The third kappa shape index (κ3) is 4.78. The Hall–Kier alpha value is -3.81. The highest BCUT2D eigenvalue weighted by atomic mass is 16.5. The fourth-order valence-electron chi connectivity index (χ4n) is 3.04. The summed E-state index contributed by atoms with van der Waals surface area (Å²) in [6, 6.07) is 14.4. The highest BCUT2D eigenvalue weighted by molar-refractivity contribution is 5.95. The topological polar surface area (TPSA) is 103 Å². The summed E-state index contributed by atoms with van der Waals surface area (Å²) < 4.78 is 15.6. The molecule has 30 heavy (non-hydrogen) atoms. The number of ether oxygens (including phenoxy) is 3. The average Bonchev–Trinajstić information content (AvgIpc) is 2.77. The molecule has 0 bridgehead atoms. The van der Waals surface area contributed by atoms with Gasteiger partial charge in [0.1, 0.15) is 12.4 Å². The molecule has 0 fully saturated rings. The van der Waals surface area contributed by atoms with Crippen LogP contribution in [0.2, 0.25) is 0 Å². The average molecular weight is 410 g/mol. The quantitative estimate of drug-likeness (QED) is 0.681. The number of methoxy groups -OCH3 is 1. The smallest absolute Gasteiger partial charge is 0.338 e. The summed E-state index contributed by atoms with van der Waals surface area (Å²) in [7, 11) is 1.30. The lowest BCUT2D eigenvalue weighted by molar-refractivity contribution is -0.139. The van der Waals surface area contributed by atoms with Crippen molar-refractivity contribution >= 4 is 18.0 Å². The zero-order valence-electron chi connectivity index (χ0n) is 16.6. The molecule has 156 valence electrons. The number of nitrogens with one attached hydrogen (secondary N) is 2. The molecule has 0 radical (unpaired) electrons. The van der Waals surface area contributed by atoms with Gasteiger partial charge in [0.05, 0.1) is 36.6 Å². The molecule has 8 heteroatoms. The number of benzene rings is 2. The molecule has 2 aromatic rings. The molecule has 0 spiro atoms. The second kappa shape index (κ2) is 9.60. The van der Waals surface area contributed by atoms with Gasteiger partial charge >= 0.3 is 18.0 Å².